The van der Waals surface area contributed by atoms with E-state index in [-0.39, 0.29) is 12.3 Å². The molecule has 0 fully saturated rings. The first-order valence-electron chi connectivity index (χ1n) is 5.45. The van der Waals surface area contributed by atoms with Crippen LogP contribution in [0.4, 0.5) is 0 Å². The second-order valence-corrected chi connectivity index (χ2v) is 4.04. The molecule has 0 saturated carbocycles. The highest BCUT2D eigenvalue weighted by molar-refractivity contribution is 5.88. The Kier molecular flexibility index (Phi) is 15.1. The molecule has 148 valence electrons. The fourth-order valence-corrected chi connectivity index (χ4v) is 0.984. The highest BCUT2D eigenvalue weighted by Crippen LogP contribution is 2.15. The van der Waals surface area contributed by atoms with Gasteiger partial charge in [0, 0.05) is 0 Å². The van der Waals surface area contributed by atoms with Crippen LogP contribution in [-0.4, -0.2) is 88.5 Å². The van der Waals surface area contributed by atoms with Gasteiger partial charge in [0.1, 0.15) is 0 Å². The van der Waals surface area contributed by atoms with Gasteiger partial charge in [-0.1, -0.05) is 0 Å². The Bertz CT molecular complexity index is 457. The molecular formula is C10H20N2O13. The SMILES string of the molecule is N.N.O=C(O)C(O)C(O)C(=O)O.O=C(O)CC(O)(CC(=O)O)C(=O)O. The maximum atomic E-state index is 10.3. The van der Waals surface area contributed by atoms with Crippen molar-refractivity contribution >= 4 is 29.8 Å². The van der Waals surface area contributed by atoms with Gasteiger partial charge < -0.3 is 53.2 Å². The number of rotatable bonds is 8. The Morgan fingerprint density at radius 2 is 0.920 bits per heavy atom. The Morgan fingerprint density at radius 1 is 0.680 bits per heavy atom. The molecule has 0 heterocycles. The first kappa shape index (κ1) is 30.1. The molecule has 14 N–H and O–H groups in total. The molecule has 0 aliphatic heterocycles. The van der Waals surface area contributed by atoms with Gasteiger partial charge in [-0.25, -0.2) is 14.4 Å². The molecule has 0 radical (unpaired) electrons. The molecule has 0 bridgehead atoms. The van der Waals surface area contributed by atoms with Gasteiger partial charge in [-0.3, -0.25) is 9.59 Å². The molecule has 0 aromatic rings. The predicted octanol–water partition coefficient (Wildman–Crippen LogP) is -3.05. The minimum absolute atomic E-state index is 0. The maximum Gasteiger partial charge on any atom is 0.336 e. The van der Waals surface area contributed by atoms with Crippen LogP contribution in [0.25, 0.3) is 0 Å². The maximum absolute atomic E-state index is 10.3. The number of aliphatic carboxylic acids is 5. The topological polar surface area (TPSA) is 317 Å². The van der Waals surface area contributed by atoms with E-state index in [0.717, 1.165) is 0 Å². The van der Waals surface area contributed by atoms with E-state index in [0.29, 0.717) is 0 Å². The van der Waals surface area contributed by atoms with Crippen LogP contribution < -0.4 is 12.3 Å². The Morgan fingerprint density at radius 3 is 1.04 bits per heavy atom. The zero-order chi connectivity index (χ0) is 19.0. The third-order valence-electron chi connectivity index (χ3n) is 2.09. The predicted molar refractivity (Wildman–Crippen MR) is 74.4 cm³/mol. The van der Waals surface area contributed by atoms with Crippen LogP contribution in [0.3, 0.4) is 0 Å². The number of hydrogen-bond acceptors (Lipinski definition) is 10. The molecule has 15 heteroatoms. The monoisotopic (exact) mass is 376 g/mol. The lowest BCUT2D eigenvalue weighted by Gasteiger charge is -2.18. The van der Waals surface area contributed by atoms with E-state index in [9.17, 15) is 24.0 Å². The first-order chi connectivity index (χ1) is 10.2. The number of carboxylic acid groups (broad SMARTS) is 5. The summed E-state index contributed by atoms with van der Waals surface area (Å²) in [6.07, 6.45) is -6.82. The van der Waals surface area contributed by atoms with Crippen molar-refractivity contribution in [3.05, 3.63) is 0 Å². The van der Waals surface area contributed by atoms with E-state index < -0.39 is 60.5 Å². The van der Waals surface area contributed by atoms with Gasteiger partial charge in [0.15, 0.2) is 17.8 Å². The number of aliphatic hydroxyl groups excluding tert-OH is 2. The van der Waals surface area contributed by atoms with Crippen LogP contribution in [0.5, 0.6) is 0 Å². The van der Waals surface area contributed by atoms with Crippen molar-refractivity contribution in [2.24, 2.45) is 0 Å². The summed E-state index contributed by atoms with van der Waals surface area (Å²) in [6.45, 7) is 0. The summed E-state index contributed by atoms with van der Waals surface area (Å²) in [6, 6.07) is 0. The average Bonchev–Trinajstić information content (AvgIpc) is 2.35. The van der Waals surface area contributed by atoms with E-state index in [1.807, 2.05) is 0 Å². The Labute approximate surface area is 138 Å². The molecule has 0 aromatic heterocycles. The number of carboxylic acids is 5. The van der Waals surface area contributed by atoms with Gasteiger partial charge in [-0.05, 0) is 0 Å². The highest BCUT2D eigenvalue weighted by atomic mass is 16.4. The van der Waals surface area contributed by atoms with Crippen molar-refractivity contribution in [1.82, 2.24) is 12.3 Å². The summed E-state index contributed by atoms with van der Waals surface area (Å²) < 4.78 is 0. The van der Waals surface area contributed by atoms with Crippen LogP contribution in [0, 0.1) is 0 Å². The summed E-state index contributed by atoms with van der Waals surface area (Å²) in [7, 11) is 0. The van der Waals surface area contributed by atoms with Crippen LogP contribution in [-0.2, 0) is 24.0 Å². The van der Waals surface area contributed by atoms with E-state index in [4.69, 9.17) is 40.9 Å². The smallest absolute Gasteiger partial charge is 0.336 e. The zero-order valence-electron chi connectivity index (χ0n) is 12.6. The molecule has 25 heavy (non-hydrogen) atoms. The van der Waals surface area contributed by atoms with Crippen molar-refractivity contribution in [2.45, 2.75) is 30.7 Å². The second-order valence-electron chi connectivity index (χ2n) is 4.04. The van der Waals surface area contributed by atoms with Crippen molar-refractivity contribution in [3.63, 3.8) is 0 Å². The fourth-order valence-electron chi connectivity index (χ4n) is 0.984. The van der Waals surface area contributed by atoms with Gasteiger partial charge in [-0.15, -0.1) is 0 Å². The van der Waals surface area contributed by atoms with Crippen molar-refractivity contribution in [3.8, 4) is 0 Å². The van der Waals surface area contributed by atoms with E-state index >= 15 is 0 Å². The summed E-state index contributed by atoms with van der Waals surface area (Å²) in [5.74, 6) is -8.56. The van der Waals surface area contributed by atoms with Gasteiger partial charge in [0.25, 0.3) is 0 Å². The molecule has 0 aliphatic rings. The summed E-state index contributed by atoms with van der Waals surface area (Å²) >= 11 is 0. The zero-order valence-corrected chi connectivity index (χ0v) is 12.6. The molecular weight excluding hydrogens is 356 g/mol. The second kappa shape index (κ2) is 12.6. The largest absolute Gasteiger partial charge is 0.481 e. The quantitative estimate of drug-likeness (QED) is 0.201. The Hall–Kier alpha value is -2.85. The molecule has 2 atom stereocenters. The summed E-state index contributed by atoms with van der Waals surface area (Å²) in [4.78, 5) is 50.0. The Balaban J connectivity index is -0.000000168. The van der Waals surface area contributed by atoms with Gasteiger partial charge >= 0.3 is 29.8 Å². The van der Waals surface area contributed by atoms with E-state index in [2.05, 4.69) is 0 Å². The molecule has 0 amide bonds. The van der Waals surface area contributed by atoms with Crippen molar-refractivity contribution in [2.75, 3.05) is 0 Å². The lowest BCUT2D eigenvalue weighted by atomic mass is 9.96. The van der Waals surface area contributed by atoms with Crippen molar-refractivity contribution < 1.29 is 64.8 Å². The molecule has 2 unspecified atom stereocenters. The number of carbonyl (C=O) groups is 5. The molecule has 0 saturated heterocycles. The lowest BCUT2D eigenvalue weighted by Crippen LogP contribution is -2.42. The summed E-state index contributed by atoms with van der Waals surface area (Å²) in [5.41, 5.74) is -2.74. The third kappa shape index (κ3) is 12.3. The fraction of sp³-hybridized carbons (Fsp3) is 0.500. The number of aliphatic hydroxyl groups is 3. The third-order valence-corrected chi connectivity index (χ3v) is 2.09. The molecule has 0 aromatic carbocycles. The molecule has 0 rings (SSSR count). The van der Waals surface area contributed by atoms with Crippen LogP contribution in [0.2, 0.25) is 0 Å². The number of hydrogen-bond donors (Lipinski definition) is 10. The van der Waals surface area contributed by atoms with Gasteiger partial charge in [-0.2, -0.15) is 0 Å². The minimum atomic E-state index is -2.74. The van der Waals surface area contributed by atoms with E-state index in [1.165, 1.54) is 0 Å². The van der Waals surface area contributed by atoms with Crippen molar-refractivity contribution in [1.29, 1.82) is 0 Å². The van der Waals surface area contributed by atoms with Crippen LogP contribution in [0.1, 0.15) is 12.8 Å². The minimum Gasteiger partial charge on any atom is -0.481 e. The normalized spacial score (nSPS) is 12.0. The molecule has 15 nitrogen and oxygen atoms in total. The summed E-state index contributed by atoms with van der Waals surface area (Å²) in [5, 5.41) is 66.3. The van der Waals surface area contributed by atoms with Gasteiger partial charge in [0.05, 0.1) is 12.8 Å². The first-order valence-corrected chi connectivity index (χ1v) is 5.45. The molecule has 0 spiro atoms. The standard InChI is InChI=1S/C6H8O7.C4H6O6.2H3N/c7-3(8)1-6(13,5(11)12)2-4(9)10;5-1(3(7)8)2(6)4(9)10;;/h13H,1-2H2,(H,7,8)(H,9,10)(H,11,12);1-2,5-6H,(H,7,8)(H,9,10);2*1H3. The van der Waals surface area contributed by atoms with Gasteiger partial charge in [0.2, 0.25) is 0 Å². The molecule has 0 aliphatic carbocycles. The van der Waals surface area contributed by atoms with Crippen LogP contribution in [0.15, 0.2) is 0 Å². The van der Waals surface area contributed by atoms with E-state index in [1.54, 1.807) is 0 Å². The highest BCUT2D eigenvalue weighted by Gasteiger charge is 2.40. The lowest BCUT2D eigenvalue weighted by molar-refractivity contribution is -0.170. The average molecular weight is 376 g/mol. The van der Waals surface area contributed by atoms with Crippen LogP contribution >= 0.6 is 0 Å².